The van der Waals surface area contributed by atoms with Crippen molar-refractivity contribution >= 4 is 0 Å². The molecule has 1 aliphatic carbocycles. The van der Waals surface area contributed by atoms with Crippen LogP contribution in [0.3, 0.4) is 0 Å². The minimum atomic E-state index is 0.330. The van der Waals surface area contributed by atoms with Crippen LogP contribution in [-0.2, 0) is 0 Å². The second-order valence-electron chi connectivity index (χ2n) is 6.20. The Balaban J connectivity index is 1.87. The van der Waals surface area contributed by atoms with Gasteiger partial charge in [-0.15, -0.1) is 0 Å². The highest BCUT2D eigenvalue weighted by Gasteiger charge is 2.25. The molecular formula is C15H25NO. The van der Waals surface area contributed by atoms with E-state index in [9.17, 15) is 0 Å². The van der Waals surface area contributed by atoms with Gasteiger partial charge in [0.05, 0.1) is 12.3 Å². The molecule has 0 radical (unpaired) electrons. The van der Waals surface area contributed by atoms with Crippen LogP contribution in [0.5, 0.6) is 0 Å². The van der Waals surface area contributed by atoms with Gasteiger partial charge in [0, 0.05) is 6.04 Å². The molecule has 2 nitrogen and oxygen atoms in total. The lowest BCUT2D eigenvalue weighted by atomic mass is 9.85. The molecule has 17 heavy (non-hydrogen) atoms. The minimum Gasteiger partial charge on any atom is -0.468 e. The van der Waals surface area contributed by atoms with Gasteiger partial charge in [0.15, 0.2) is 0 Å². The van der Waals surface area contributed by atoms with Crippen LogP contribution in [0.15, 0.2) is 22.8 Å². The third-order valence-corrected chi connectivity index (χ3v) is 4.03. The summed E-state index contributed by atoms with van der Waals surface area (Å²) in [5.74, 6) is 1.05. The Labute approximate surface area is 105 Å². The number of hydrogen-bond donors (Lipinski definition) is 1. The molecule has 0 bridgehead atoms. The Morgan fingerprint density at radius 2 is 2.18 bits per heavy atom. The monoisotopic (exact) mass is 235 g/mol. The van der Waals surface area contributed by atoms with Gasteiger partial charge in [-0.25, -0.2) is 0 Å². The van der Waals surface area contributed by atoms with Crippen molar-refractivity contribution in [2.24, 2.45) is 5.41 Å². The van der Waals surface area contributed by atoms with Gasteiger partial charge < -0.3 is 9.73 Å². The molecule has 1 heterocycles. The predicted molar refractivity (Wildman–Crippen MR) is 70.9 cm³/mol. The van der Waals surface area contributed by atoms with E-state index < -0.39 is 0 Å². The van der Waals surface area contributed by atoms with E-state index in [0.717, 1.165) is 5.76 Å². The predicted octanol–water partition coefficient (Wildman–Crippen LogP) is 4.29. The Bertz CT molecular complexity index is 329. The van der Waals surface area contributed by atoms with Crippen LogP contribution in [0, 0.1) is 5.41 Å². The summed E-state index contributed by atoms with van der Waals surface area (Å²) in [6.07, 6.45) is 8.38. The first-order chi connectivity index (χ1) is 8.07. The normalized spacial score (nSPS) is 26.4. The lowest BCUT2D eigenvalue weighted by Crippen LogP contribution is -2.31. The van der Waals surface area contributed by atoms with E-state index in [0.29, 0.717) is 17.5 Å². The summed E-state index contributed by atoms with van der Waals surface area (Å²) in [6, 6.07) is 5.00. The van der Waals surface area contributed by atoms with Crippen molar-refractivity contribution in [2.75, 3.05) is 0 Å². The van der Waals surface area contributed by atoms with Crippen molar-refractivity contribution in [1.82, 2.24) is 5.32 Å². The number of furan rings is 1. The molecule has 1 aromatic rings. The summed E-state index contributed by atoms with van der Waals surface area (Å²) in [4.78, 5) is 0. The van der Waals surface area contributed by atoms with Gasteiger partial charge in [0.1, 0.15) is 5.76 Å². The molecule has 0 aliphatic heterocycles. The number of hydrogen-bond acceptors (Lipinski definition) is 2. The van der Waals surface area contributed by atoms with Crippen molar-refractivity contribution in [3.8, 4) is 0 Å². The van der Waals surface area contributed by atoms with E-state index in [-0.39, 0.29) is 0 Å². The van der Waals surface area contributed by atoms with E-state index >= 15 is 0 Å². The minimum absolute atomic E-state index is 0.330. The van der Waals surface area contributed by atoms with Gasteiger partial charge in [0.25, 0.3) is 0 Å². The lowest BCUT2D eigenvalue weighted by Gasteiger charge is -2.23. The van der Waals surface area contributed by atoms with Crippen molar-refractivity contribution in [2.45, 2.75) is 65.0 Å². The fourth-order valence-electron chi connectivity index (χ4n) is 2.80. The van der Waals surface area contributed by atoms with Crippen LogP contribution >= 0.6 is 0 Å². The van der Waals surface area contributed by atoms with Gasteiger partial charge in [-0.2, -0.15) is 0 Å². The van der Waals surface area contributed by atoms with E-state index in [1.807, 2.05) is 6.07 Å². The zero-order valence-electron chi connectivity index (χ0n) is 11.3. The molecular weight excluding hydrogens is 210 g/mol. The van der Waals surface area contributed by atoms with E-state index in [2.05, 4.69) is 32.2 Å². The summed E-state index contributed by atoms with van der Waals surface area (Å²) >= 11 is 0. The molecule has 0 saturated heterocycles. The average molecular weight is 235 g/mol. The molecule has 2 rings (SSSR count). The second kappa shape index (κ2) is 5.26. The zero-order chi connectivity index (χ0) is 12.3. The SMILES string of the molecule is CC(NC1CCCC(C)(C)CC1)c1ccco1. The quantitative estimate of drug-likeness (QED) is 0.791. The third-order valence-electron chi connectivity index (χ3n) is 4.03. The van der Waals surface area contributed by atoms with Gasteiger partial charge in [-0.05, 0) is 50.2 Å². The van der Waals surface area contributed by atoms with Crippen molar-refractivity contribution in [1.29, 1.82) is 0 Å². The van der Waals surface area contributed by atoms with Crippen LogP contribution in [0.25, 0.3) is 0 Å². The third kappa shape index (κ3) is 3.60. The molecule has 1 aliphatic rings. The maximum absolute atomic E-state index is 5.45. The van der Waals surface area contributed by atoms with Crippen LogP contribution in [0.1, 0.15) is 64.7 Å². The standard InChI is InChI=1S/C15H25NO/c1-12(14-7-5-11-17-14)16-13-6-4-9-15(2,3)10-8-13/h5,7,11-13,16H,4,6,8-10H2,1-3H3. The van der Waals surface area contributed by atoms with Crippen LogP contribution < -0.4 is 5.32 Å². The topological polar surface area (TPSA) is 25.2 Å². The summed E-state index contributed by atoms with van der Waals surface area (Å²) in [5, 5.41) is 3.71. The molecule has 1 aromatic heterocycles. The number of nitrogens with one attached hydrogen (secondary N) is 1. The van der Waals surface area contributed by atoms with Gasteiger partial charge in [0.2, 0.25) is 0 Å². The fraction of sp³-hybridized carbons (Fsp3) is 0.733. The summed E-state index contributed by atoms with van der Waals surface area (Å²) in [5.41, 5.74) is 0.532. The Morgan fingerprint density at radius 3 is 2.88 bits per heavy atom. The van der Waals surface area contributed by atoms with Crippen molar-refractivity contribution in [3.63, 3.8) is 0 Å². The Kier molecular flexibility index (Phi) is 3.93. The molecule has 96 valence electrons. The number of rotatable bonds is 3. The Morgan fingerprint density at radius 1 is 1.35 bits per heavy atom. The maximum Gasteiger partial charge on any atom is 0.120 e. The lowest BCUT2D eigenvalue weighted by molar-refractivity contribution is 0.305. The van der Waals surface area contributed by atoms with Crippen LogP contribution in [0.2, 0.25) is 0 Å². The summed E-state index contributed by atoms with van der Waals surface area (Å²) < 4.78 is 5.45. The molecule has 1 fully saturated rings. The smallest absolute Gasteiger partial charge is 0.120 e. The van der Waals surface area contributed by atoms with Crippen LogP contribution in [0.4, 0.5) is 0 Å². The van der Waals surface area contributed by atoms with Gasteiger partial charge in [-0.3, -0.25) is 0 Å². The van der Waals surface area contributed by atoms with Crippen molar-refractivity contribution < 1.29 is 4.42 Å². The molecule has 0 amide bonds. The average Bonchev–Trinajstić information content (AvgIpc) is 2.73. The molecule has 1 saturated carbocycles. The van der Waals surface area contributed by atoms with E-state index in [4.69, 9.17) is 4.42 Å². The molecule has 2 unspecified atom stereocenters. The largest absolute Gasteiger partial charge is 0.468 e. The van der Waals surface area contributed by atoms with E-state index in [1.165, 1.54) is 32.1 Å². The first kappa shape index (κ1) is 12.7. The first-order valence-corrected chi connectivity index (χ1v) is 6.86. The summed E-state index contributed by atoms with van der Waals surface area (Å²) in [7, 11) is 0. The zero-order valence-corrected chi connectivity index (χ0v) is 11.3. The Hall–Kier alpha value is -0.760. The second-order valence-corrected chi connectivity index (χ2v) is 6.20. The van der Waals surface area contributed by atoms with Crippen molar-refractivity contribution in [3.05, 3.63) is 24.2 Å². The molecule has 2 heteroatoms. The summed E-state index contributed by atoms with van der Waals surface area (Å²) in [6.45, 7) is 6.98. The molecule has 0 spiro atoms. The highest BCUT2D eigenvalue weighted by molar-refractivity contribution is 5.03. The highest BCUT2D eigenvalue weighted by atomic mass is 16.3. The molecule has 1 N–H and O–H groups in total. The molecule has 0 aromatic carbocycles. The first-order valence-electron chi connectivity index (χ1n) is 6.86. The fourth-order valence-corrected chi connectivity index (χ4v) is 2.80. The maximum atomic E-state index is 5.45. The van der Waals surface area contributed by atoms with Gasteiger partial charge in [-0.1, -0.05) is 20.3 Å². The van der Waals surface area contributed by atoms with Crippen LogP contribution in [-0.4, -0.2) is 6.04 Å². The van der Waals surface area contributed by atoms with Gasteiger partial charge >= 0.3 is 0 Å². The highest BCUT2D eigenvalue weighted by Crippen LogP contribution is 2.34. The van der Waals surface area contributed by atoms with E-state index in [1.54, 1.807) is 6.26 Å². The molecule has 2 atom stereocenters.